The second kappa shape index (κ2) is 9.91. The van der Waals surface area contributed by atoms with Crippen LogP contribution in [0.1, 0.15) is 54.4 Å². The monoisotopic (exact) mass is 456 g/mol. The molecule has 9 heteroatoms. The number of carbonyl (C=O) groups is 3. The molecule has 2 aliphatic rings. The molecule has 2 N–H and O–H groups in total. The van der Waals surface area contributed by atoms with Gasteiger partial charge in [0, 0.05) is 42.7 Å². The average molecular weight is 457 g/mol. The lowest BCUT2D eigenvalue weighted by molar-refractivity contribution is -0.155. The van der Waals surface area contributed by atoms with E-state index in [-0.39, 0.29) is 24.1 Å². The van der Waals surface area contributed by atoms with Gasteiger partial charge in [-0.1, -0.05) is 6.92 Å². The van der Waals surface area contributed by atoms with E-state index >= 15 is 0 Å². The first-order valence-electron chi connectivity index (χ1n) is 11.7. The summed E-state index contributed by atoms with van der Waals surface area (Å²) >= 11 is 0. The summed E-state index contributed by atoms with van der Waals surface area (Å²) in [4.78, 5) is 45.5. The van der Waals surface area contributed by atoms with Crippen LogP contribution < -0.4 is 5.73 Å². The Hall–Kier alpha value is -2.94. The van der Waals surface area contributed by atoms with E-state index in [4.69, 9.17) is 14.9 Å². The number of nitrogens with zero attached hydrogens (tertiary/aromatic N) is 3. The maximum Gasteiger partial charge on any atom is 0.284 e. The van der Waals surface area contributed by atoms with Crippen LogP contribution in [0.5, 0.6) is 0 Å². The summed E-state index contributed by atoms with van der Waals surface area (Å²) in [6.07, 6.45) is 2.72. The SMILES string of the molecule is Cc1ccc2c(CCCC(=O)N3CCOC(C(=O)N4CCC(C)CC4)C3)c(C(N)=O)oc2n1. The lowest BCUT2D eigenvalue weighted by Crippen LogP contribution is -2.53. The number of aryl methyl sites for hydroxylation is 2. The summed E-state index contributed by atoms with van der Waals surface area (Å²) in [7, 11) is 0. The molecule has 0 spiro atoms. The summed E-state index contributed by atoms with van der Waals surface area (Å²) < 4.78 is 11.3. The van der Waals surface area contributed by atoms with E-state index in [9.17, 15) is 14.4 Å². The van der Waals surface area contributed by atoms with E-state index < -0.39 is 12.0 Å². The predicted molar refractivity (Wildman–Crippen MR) is 121 cm³/mol. The van der Waals surface area contributed by atoms with Gasteiger partial charge in [-0.15, -0.1) is 0 Å². The molecular weight excluding hydrogens is 424 g/mol. The first-order chi connectivity index (χ1) is 15.8. The summed E-state index contributed by atoms with van der Waals surface area (Å²) in [5.41, 5.74) is 7.34. The van der Waals surface area contributed by atoms with Crippen molar-refractivity contribution in [3.63, 3.8) is 0 Å². The standard InChI is InChI=1S/C24H32N4O5/c1-15-8-10-27(11-9-15)24(31)19-14-28(12-13-32-19)20(29)5-3-4-17-18-7-6-16(2)26-23(18)33-21(17)22(25)30/h6-7,15,19H,3-5,8-14H2,1-2H3,(H2,25,30). The topological polar surface area (TPSA) is 119 Å². The van der Waals surface area contributed by atoms with Gasteiger partial charge in [0.25, 0.3) is 11.8 Å². The molecule has 2 fully saturated rings. The number of fused-ring (bicyclic) bond motifs is 1. The van der Waals surface area contributed by atoms with Crippen LogP contribution in [0.4, 0.5) is 0 Å². The summed E-state index contributed by atoms with van der Waals surface area (Å²) in [5, 5.41) is 0.745. The minimum Gasteiger partial charge on any atom is -0.432 e. The number of carbonyl (C=O) groups excluding carboxylic acids is 3. The van der Waals surface area contributed by atoms with Gasteiger partial charge < -0.3 is 24.7 Å². The summed E-state index contributed by atoms with van der Waals surface area (Å²) in [6.45, 7) is 6.67. The summed E-state index contributed by atoms with van der Waals surface area (Å²) in [6, 6.07) is 3.72. The predicted octanol–water partition coefficient (Wildman–Crippen LogP) is 2.04. The van der Waals surface area contributed by atoms with Crippen LogP contribution in [0.25, 0.3) is 11.1 Å². The highest BCUT2D eigenvalue weighted by Crippen LogP contribution is 2.27. The fourth-order valence-corrected chi connectivity index (χ4v) is 4.60. The summed E-state index contributed by atoms with van der Waals surface area (Å²) in [5.74, 6) is 0.0580. The first-order valence-corrected chi connectivity index (χ1v) is 11.7. The van der Waals surface area contributed by atoms with E-state index in [0.717, 1.165) is 37.0 Å². The molecule has 4 heterocycles. The van der Waals surface area contributed by atoms with Crippen molar-refractivity contribution >= 4 is 28.8 Å². The maximum atomic E-state index is 12.9. The number of aromatic nitrogens is 1. The number of amides is 3. The fourth-order valence-electron chi connectivity index (χ4n) is 4.60. The van der Waals surface area contributed by atoms with Crippen molar-refractivity contribution in [1.29, 1.82) is 0 Å². The smallest absolute Gasteiger partial charge is 0.284 e. The molecule has 0 aliphatic carbocycles. The number of furan rings is 1. The number of hydrogen-bond acceptors (Lipinski definition) is 6. The Bertz CT molecular complexity index is 1040. The van der Waals surface area contributed by atoms with Crippen LogP contribution in [0.3, 0.4) is 0 Å². The molecule has 1 atom stereocenters. The third kappa shape index (κ3) is 5.19. The van der Waals surface area contributed by atoms with Gasteiger partial charge in [0.15, 0.2) is 11.9 Å². The normalized spacial score (nSPS) is 19.8. The molecule has 2 aromatic heterocycles. The number of rotatable bonds is 6. The Morgan fingerprint density at radius 3 is 2.64 bits per heavy atom. The number of hydrogen-bond donors (Lipinski definition) is 1. The Labute approximate surface area is 193 Å². The van der Waals surface area contributed by atoms with E-state index in [2.05, 4.69) is 11.9 Å². The van der Waals surface area contributed by atoms with Crippen molar-refractivity contribution in [3.8, 4) is 0 Å². The third-order valence-corrected chi connectivity index (χ3v) is 6.63. The van der Waals surface area contributed by atoms with Crippen molar-refractivity contribution < 1.29 is 23.5 Å². The first kappa shape index (κ1) is 23.2. The number of likely N-dealkylation sites (tertiary alicyclic amines) is 1. The van der Waals surface area contributed by atoms with Gasteiger partial charge in [0.2, 0.25) is 11.6 Å². The van der Waals surface area contributed by atoms with Gasteiger partial charge >= 0.3 is 0 Å². The molecule has 1 unspecified atom stereocenters. The van der Waals surface area contributed by atoms with Crippen LogP contribution in [0.15, 0.2) is 16.5 Å². The Balaban J connectivity index is 1.34. The minimum atomic E-state index is -0.645. The Kier molecular flexibility index (Phi) is 6.97. The van der Waals surface area contributed by atoms with Crippen molar-refractivity contribution in [3.05, 3.63) is 29.2 Å². The van der Waals surface area contributed by atoms with Gasteiger partial charge in [0.05, 0.1) is 13.2 Å². The molecule has 2 aliphatic heterocycles. The van der Waals surface area contributed by atoms with Gasteiger partial charge in [-0.25, -0.2) is 4.98 Å². The van der Waals surface area contributed by atoms with Crippen LogP contribution in [0.2, 0.25) is 0 Å². The zero-order chi connectivity index (χ0) is 23.5. The molecule has 0 bridgehead atoms. The fraction of sp³-hybridized carbons (Fsp3) is 0.583. The van der Waals surface area contributed by atoms with Gasteiger partial charge in [-0.05, 0) is 50.7 Å². The van der Waals surface area contributed by atoms with Crippen LogP contribution >= 0.6 is 0 Å². The largest absolute Gasteiger partial charge is 0.432 e. The van der Waals surface area contributed by atoms with E-state index in [1.165, 1.54) is 0 Å². The Morgan fingerprint density at radius 1 is 1.15 bits per heavy atom. The molecule has 178 valence electrons. The number of nitrogens with two attached hydrogens (primary N) is 1. The molecule has 0 aromatic carbocycles. The molecule has 0 radical (unpaired) electrons. The number of morpholine rings is 1. The minimum absolute atomic E-state index is 0.0156. The van der Waals surface area contributed by atoms with Gasteiger partial charge in [-0.2, -0.15) is 0 Å². The van der Waals surface area contributed by atoms with E-state index in [0.29, 0.717) is 49.6 Å². The van der Waals surface area contributed by atoms with Crippen molar-refractivity contribution in [2.24, 2.45) is 11.7 Å². The number of piperidine rings is 1. The van der Waals surface area contributed by atoms with Crippen LogP contribution in [-0.4, -0.2) is 71.4 Å². The number of pyridine rings is 1. The lowest BCUT2D eigenvalue weighted by Gasteiger charge is -2.37. The number of primary amides is 1. The van der Waals surface area contributed by atoms with E-state index in [1.54, 1.807) is 4.90 Å². The van der Waals surface area contributed by atoms with Gasteiger partial charge in [-0.3, -0.25) is 14.4 Å². The molecule has 0 saturated carbocycles. The maximum absolute atomic E-state index is 12.9. The van der Waals surface area contributed by atoms with E-state index in [1.807, 2.05) is 24.0 Å². The molecule has 4 rings (SSSR count). The molecule has 33 heavy (non-hydrogen) atoms. The second-order valence-electron chi connectivity index (χ2n) is 9.14. The van der Waals surface area contributed by atoms with Crippen LogP contribution in [0, 0.1) is 12.8 Å². The average Bonchev–Trinajstić information content (AvgIpc) is 3.17. The van der Waals surface area contributed by atoms with Crippen molar-refractivity contribution in [1.82, 2.24) is 14.8 Å². The van der Waals surface area contributed by atoms with Crippen LogP contribution in [-0.2, 0) is 20.7 Å². The molecule has 2 saturated heterocycles. The molecule has 9 nitrogen and oxygen atoms in total. The zero-order valence-corrected chi connectivity index (χ0v) is 19.3. The highest BCUT2D eigenvalue weighted by atomic mass is 16.5. The number of ether oxygens (including phenoxy) is 1. The lowest BCUT2D eigenvalue weighted by atomic mass is 9.99. The quantitative estimate of drug-likeness (QED) is 0.711. The van der Waals surface area contributed by atoms with Gasteiger partial charge in [0.1, 0.15) is 0 Å². The Morgan fingerprint density at radius 2 is 1.91 bits per heavy atom. The molecule has 3 amide bonds. The van der Waals surface area contributed by atoms with Crippen molar-refractivity contribution in [2.45, 2.75) is 52.1 Å². The third-order valence-electron chi connectivity index (χ3n) is 6.63. The highest BCUT2D eigenvalue weighted by molar-refractivity contribution is 5.97. The zero-order valence-electron chi connectivity index (χ0n) is 19.3. The van der Waals surface area contributed by atoms with Crippen molar-refractivity contribution in [2.75, 3.05) is 32.8 Å². The highest BCUT2D eigenvalue weighted by Gasteiger charge is 2.33. The molecular formula is C24H32N4O5. The molecule has 2 aromatic rings. The second-order valence-corrected chi connectivity index (χ2v) is 9.14.